The molecule has 0 unspecified atom stereocenters. The molecule has 0 aliphatic carbocycles. The number of fused-ring (bicyclic) bond motifs is 1. The second kappa shape index (κ2) is 7.01. The fourth-order valence-electron chi connectivity index (χ4n) is 4.14. The predicted molar refractivity (Wildman–Crippen MR) is 116 cm³/mol. The maximum atomic E-state index is 13.3. The molecule has 2 heterocycles. The van der Waals surface area contributed by atoms with Crippen LogP contribution in [0.4, 0.5) is 17.1 Å². The quantitative estimate of drug-likeness (QED) is 0.571. The summed E-state index contributed by atoms with van der Waals surface area (Å²) >= 11 is 0. The van der Waals surface area contributed by atoms with Crippen LogP contribution in [0.15, 0.2) is 78.9 Å². The second-order valence-electron chi connectivity index (χ2n) is 7.34. The van der Waals surface area contributed by atoms with Crippen molar-refractivity contribution in [2.45, 2.75) is 12.8 Å². The SMILES string of the molecule is O=C1/C(=C/c2ccc(N3CCCC3)cc2)c2ccccc2N1c1ccccc1. The lowest BCUT2D eigenvalue weighted by atomic mass is 10.0. The molecule has 0 spiro atoms. The van der Waals surface area contributed by atoms with Gasteiger partial charge in [0.15, 0.2) is 0 Å². The van der Waals surface area contributed by atoms with Crippen LogP contribution in [0.2, 0.25) is 0 Å². The molecule has 138 valence electrons. The van der Waals surface area contributed by atoms with Crippen molar-refractivity contribution in [1.29, 1.82) is 0 Å². The first-order valence-corrected chi connectivity index (χ1v) is 9.87. The highest BCUT2D eigenvalue weighted by atomic mass is 16.2. The summed E-state index contributed by atoms with van der Waals surface area (Å²) < 4.78 is 0. The van der Waals surface area contributed by atoms with Crippen molar-refractivity contribution in [1.82, 2.24) is 0 Å². The van der Waals surface area contributed by atoms with Gasteiger partial charge in [0.05, 0.1) is 11.3 Å². The van der Waals surface area contributed by atoms with Crippen LogP contribution < -0.4 is 9.80 Å². The molecule has 0 saturated carbocycles. The third-order valence-corrected chi connectivity index (χ3v) is 5.56. The minimum Gasteiger partial charge on any atom is -0.372 e. The molecule has 0 radical (unpaired) electrons. The highest BCUT2D eigenvalue weighted by Gasteiger charge is 2.32. The molecule has 5 rings (SSSR count). The molecule has 0 aromatic heterocycles. The third-order valence-electron chi connectivity index (χ3n) is 5.56. The summed E-state index contributed by atoms with van der Waals surface area (Å²) in [6.07, 6.45) is 4.55. The van der Waals surface area contributed by atoms with Gasteiger partial charge >= 0.3 is 0 Å². The number of hydrogen-bond acceptors (Lipinski definition) is 2. The number of hydrogen-bond donors (Lipinski definition) is 0. The molecular formula is C25H22N2O. The molecule has 3 nitrogen and oxygen atoms in total. The Morgan fingerprint density at radius 3 is 2.14 bits per heavy atom. The average Bonchev–Trinajstić information content (AvgIpc) is 3.37. The topological polar surface area (TPSA) is 23.6 Å². The number of para-hydroxylation sites is 2. The van der Waals surface area contributed by atoms with Gasteiger partial charge in [-0.15, -0.1) is 0 Å². The smallest absolute Gasteiger partial charge is 0.263 e. The van der Waals surface area contributed by atoms with Gasteiger partial charge in [0.25, 0.3) is 5.91 Å². The van der Waals surface area contributed by atoms with Gasteiger partial charge in [0, 0.05) is 30.0 Å². The van der Waals surface area contributed by atoms with Crippen LogP contribution in [-0.4, -0.2) is 19.0 Å². The standard InChI is InChI=1S/C25H22N2O/c28-25-23(18-19-12-14-20(15-13-19)26-16-6-7-17-26)22-10-4-5-11-24(22)27(25)21-8-2-1-3-9-21/h1-5,8-15,18H,6-7,16-17H2/b23-18+. The molecule has 1 fully saturated rings. The first kappa shape index (κ1) is 16.8. The maximum absolute atomic E-state index is 13.3. The molecule has 1 saturated heterocycles. The Hall–Kier alpha value is -3.33. The molecule has 2 aliphatic rings. The number of amides is 1. The zero-order valence-electron chi connectivity index (χ0n) is 15.7. The molecule has 0 atom stereocenters. The van der Waals surface area contributed by atoms with Gasteiger partial charge in [-0.3, -0.25) is 9.69 Å². The Kier molecular flexibility index (Phi) is 4.21. The second-order valence-corrected chi connectivity index (χ2v) is 7.34. The predicted octanol–water partition coefficient (Wildman–Crippen LogP) is 5.51. The van der Waals surface area contributed by atoms with Gasteiger partial charge in [-0.1, -0.05) is 48.5 Å². The van der Waals surface area contributed by atoms with Gasteiger partial charge in [0.1, 0.15) is 0 Å². The van der Waals surface area contributed by atoms with E-state index in [9.17, 15) is 4.79 Å². The monoisotopic (exact) mass is 366 g/mol. The lowest BCUT2D eigenvalue weighted by molar-refractivity contribution is -0.112. The van der Waals surface area contributed by atoms with Crippen molar-refractivity contribution in [3.63, 3.8) is 0 Å². The van der Waals surface area contributed by atoms with Crippen LogP contribution in [-0.2, 0) is 4.79 Å². The number of anilines is 3. The Labute approximate surface area is 165 Å². The highest BCUT2D eigenvalue weighted by Crippen LogP contribution is 2.42. The van der Waals surface area contributed by atoms with E-state index in [1.807, 2.05) is 60.7 Å². The van der Waals surface area contributed by atoms with E-state index in [0.29, 0.717) is 0 Å². The van der Waals surface area contributed by atoms with Crippen LogP contribution in [0, 0.1) is 0 Å². The zero-order valence-corrected chi connectivity index (χ0v) is 15.7. The van der Waals surface area contributed by atoms with Crippen molar-refractivity contribution in [3.05, 3.63) is 90.0 Å². The summed E-state index contributed by atoms with van der Waals surface area (Å²) in [6, 6.07) is 26.4. The van der Waals surface area contributed by atoms with E-state index in [4.69, 9.17) is 0 Å². The Bertz CT molecular complexity index is 1030. The van der Waals surface area contributed by atoms with Crippen LogP contribution in [0.3, 0.4) is 0 Å². The summed E-state index contributed by atoms with van der Waals surface area (Å²) in [5.41, 5.74) is 5.89. The maximum Gasteiger partial charge on any atom is 0.263 e. The van der Waals surface area contributed by atoms with Gasteiger partial charge in [-0.05, 0) is 54.8 Å². The van der Waals surface area contributed by atoms with Crippen LogP contribution in [0.1, 0.15) is 24.0 Å². The first-order chi connectivity index (χ1) is 13.8. The van der Waals surface area contributed by atoms with Crippen molar-refractivity contribution in [2.24, 2.45) is 0 Å². The normalized spacial score (nSPS) is 17.4. The van der Waals surface area contributed by atoms with Crippen LogP contribution >= 0.6 is 0 Å². The van der Waals surface area contributed by atoms with E-state index in [-0.39, 0.29) is 5.91 Å². The summed E-state index contributed by atoms with van der Waals surface area (Å²) in [4.78, 5) is 17.5. The number of rotatable bonds is 3. The number of carbonyl (C=O) groups is 1. The summed E-state index contributed by atoms with van der Waals surface area (Å²) in [5.74, 6) is 0.0241. The molecule has 0 bridgehead atoms. The number of carbonyl (C=O) groups excluding carboxylic acids is 1. The van der Waals surface area contributed by atoms with Gasteiger partial charge in [-0.2, -0.15) is 0 Å². The summed E-state index contributed by atoms with van der Waals surface area (Å²) in [6.45, 7) is 2.27. The van der Waals surface area contributed by atoms with E-state index in [1.165, 1.54) is 18.5 Å². The minimum atomic E-state index is 0.0241. The molecule has 1 amide bonds. The van der Waals surface area contributed by atoms with Crippen molar-refractivity contribution in [3.8, 4) is 0 Å². The van der Waals surface area contributed by atoms with E-state index >= 15 is 0 Å². The Morgan fingerprint density at radius 2 is 1.39 bits per heavy atom. The fourth-order valence-corrected chi connectivity index (χ4v) is 4.14. The zero-order chi connectivity index (χ0) is 18.9. The minimum absolute atomic E-state index is 0.0241. The third kappa shape index (κ3) is 2.89. The molecule has 3 aromatic carbocycles. The molecular weight excluding hydrogens is 344 g/mol. The molecule has 0 N–H and O–H groups in total. The van der Waals surface area contributed by atoms with Crippen LogP contribution in [0.25, 0.3) is 11.6 Å². The molecule has 28 heavy (non-hydrogen) atoms. The van der Waals surface area contributed by atoms with Crippen LogP contribution in [0.5, 0.6) is 0 Å². The van der Waals surface area contributed by atoms with E-state index < -0.39 is 0 Å². The highest BCUT2D eigenvalue weighted by molar-refractivity contribution is 6.37. The summed E-state index contributed by atoms with van der Waals surface area (Å²) in [5, 5.41) is 0. The molecule has 3 aromatic rings. The summed E-state index contributed by atoms with van der Waals surface area (Å²) in [7, 11) is 0. The molecule has 3 heteroatoms. The van der Waals surface area contributed by atoms with Crippen molar-refractivity contribution >= 4 is 34.6 Å². The van der Waals surface area contributed by atoms with E-state index in [2.05, 4.69) is 29.2 Å². The number of nitrogens with zero attached hydrogens (tertiary/aromatic N) is 2. The van der Waals surface area contributed by atoms with Gasteiger partial charge in [-0.25, -0.2) is 0 Å². The fraction of sp³-hybridized carbons (Fsp3) is 0.160. The number of benzene rings is 3. The first-order valence-electron chi connectivity index (χ1n) is 9.87. The lowest BCUT2D eigenvalue weighted by Crippen LogP contribution is -2.20. The lowest BCUT2D eigenvalue weighted by Gasteiger charge is -2.17. The van der Waals surface area contributed by atoms with E-state index in [0.717, 1.165) is 41.2 Å². The van der Waals surface area contributed by atoms with Gasteiger partial charge in [0.2, 0.25) is 0 Å². The molecule has 2 aliphatic heterocycles. The van der Waals surface area contributed by atoms with Gasteiger partial charge < -0.3 is 4.90 Å². The Balaban J connectivity index is 1.52. The largest absolute Gasteiger partial charge is 0.372 e. The average molecular weight is 366 g/mol. The van der Waals surface area contributed by atoms with E-state index in [1.54, 1.807) is 4.90 Å². The Morgan fingerprint density at radius 1 is 0.714 bits per heavy atom. The van der Waals surface area contributed by atoms with Crippen molar-refractivity contribution < 1.29 is 4.79 Å². The van der Waals surface area contributed by atoms with Crippen molar-refractivity contribution in [2.75, 3.05) is 22.9 Å².